The number of benzene rings is 1. The number of nitrogens with zero attached hydrogens (tertiary/aromatic N) is 2. The van der Waals surface area contributed by atoms with Gasteiger partial charge in [-0.3, -0.25) is 14.9 Å². The molecular formula is C20H18N2O7. The number of hydrogen-bond donors (Lipinski definition) is 0. The lowest BCUT2D eigenvalue weighted by Gasteiger charge is -2.16. The van der Waals surface area contributed by atoms with Crippen LogP contribution in [0.1, 0.15) is 18.2 Å². The van der Waals surface area contributed by atoms with Crippen LogP contribution in [0.5, 0.6) is 5.75 Å². The third-order valence-corrected chi connectivity index (χ3v) is 4.51. The van der Waals surface area contributed by atoms with Crippen molar-refractivity contribution in [3.63, 3.8) is 0 Å². The van der Waals surface area contributed by atoms with Crippen LogP contribution in [0.25, 0.3) is 6.08 Å². The number of amides is 1. The lowest BCUT2D eigenvalue weighted by Crippen LogP contribution is -2.24. The number of furan rings is 1. The van der Waals surface area contributed by atoms with Gasteiger partial charge < -0.3 is 18.8 Å². The molecule has 1 aromatic heterocycles. The molecule has 0 atom stereocenters. The first-order chi connectivity index (χ1) is 13.9. The number of hydrogen-bond acceptors (Lipinski definition) is 7. The molecule has 2 heterocycles. The normalized spacial score (nSPS) is 15.2. The van der Waals surface area contributed by atoms with Gasteiger partial charge in [0.1, 0.15) is 5.76 Å². The lowest BCUT2D eigenvalue weighted by atomic mass is 10.0. The number of nitro groups is 1. The fourth-order valence-corrected chi connectivity index (χ4v) is 3.08. The smallest absolute Gasteiger partial charge is 0.340 e. The average Bonchev–Trinajstić information content (AvgIpc) is 3.30. The molecule has 1 amide bonds. The summed E-state index contributed by atoms with van der Waals surface area (Å²) >= 11 is 0. The third kappa shape index (κ3) is 3.75. The van der Waals surface area contributed by atoms with Gasteiger partial charge in [0.15, 0.2) is 5.75 Å². The second kappa shape index (κ2) is 8.01. The maximum atomic E-state index is 13.0. The Morgan fingerprint density at radius 3 is 2.66 bits per heavy atom. The zero-order valence-electron chi connectivity index (χ0n) is 16.0. The second-order valence-electron chi connectivity index (χ2n) is 6.17. The van der Waals surface area contributed by atoms with Crippen molar-refractivity contribution in [2.45, 2.75) is 13.5 Å². The van der Waals surface area contributed by atoms with E-state index in [9.17, 15) is 19.7 Å². The number of rotatable bonds is 6. The van der Waals surface area contributed by atoms with Gasteiger partial charge in [-0.15, -0.1) is 0 Å². The third-order valence-electron chi connectivity index (χ3n) is 4.51. The van der Waals surface area contributed by atoms with Crippen LogP contribution in [0.4, 0.5) is 5.69 Å². The minimum Gasteiger partial charge on any atom is -0.490 e. The highest BCUT2D eigenvalue weighted by atomic mass is 16.6. The summed E-state index contributed by atoms with van der Waals surface area (Å²) in [7, 11) is 2.55. The molecule has 9 heteroatoms. The first kappa shape index (κ1) is 19.9. The van der Waals surface area contributed by atoms with Crippen molar-refractivity contribution in [2.75, 3.05) is 14.2 Å². The van der Waals surface area contributed by atoms with E-state index in [2.05, 4.69) is 0 Å². The summed E-state index contributed by atoms with van der Waals surface area (Å²) in [6.45, 7) is 1.77. The fraction of sp³-hybridized carbons (Fsp3) is 0.200. The highest BCUT2D eigenvalue weighted by molar-refractivity contribution is 6.16. The second-order valence-corrected chi connectivity index (χ2v) is 6.17. The highest BCUT2D eigenvalue weighted by Gasteiger charge is 2.37. The van der Waals surface area contributed by atoms with E-state index < -0.39 is 16.8 Å². The molecule has 0 saturated carbocycles. The van der Waals surface area contributed by atoms with Crippen LogP contribution < -0.4 is 4.74 Å². The maximum Gasteiger partial charge on any atom is 0.340 e. The molecule has 0 aliphatic carbocycles. The van der Waals surface area contributed by atoms with Crippen LogP contribution >= 0.6 is 0 Å². The van der Waals surface area contributed by atoms with Crippen molar-refractivity contribution in [3.8, 4) is 5.75 Å². The minimum atomic E-state index is -0.674. The standard InChI is InChI=1S/C20H18N2O7/c1-12-18(20(24)28-3)15(19(23)21(12)11-14-5-4-8-29-14)9-13-6-7-17(27-2)16(10-13)22(25)26/h4-10H,11H2,1-3H3/b15-9-. The van der Waals surface area contributed by atoms with Crippen molar-refractivity contribution in [1.29, 1.82) is 0 Å². The quantitative estimate of drug-likeness (QED) is 0.318. The molecule has 150 valence electrons. The summed E-state index contributed by atoms with van der Waals surface area (Å²) in [4.78, 5) is 37.5. The van der Waals surface area contributed by atoms with E-state index in [1.165, 1.54) is 43.6 Å². The molecule has 0 radical (unpaired) electrons. The van der Waals surface area contributed by atoms with Crippen LogP contribution in [0.2, 0.25) is 0 Å². The van der Waals surface area contributed by atoms with Gasteiger partial charge in [-0.05, 0) is 36.8 Å². The summed E-state index contributed by atoms with van der Waals surface area (Å²) in [5.41, 5.74) is 0.713. The molecule has 0 N–H and O–H groups in total. The molecule has 1 aromatic carbocycles. The van der Waals surface area contributed by atoms with E-state index in [4.69, 9.17) is 13.9 Å². The number of ether oxygens (including phenoxy) is 2. The molecule has 0 bridgehead atoms. The lowest BCUT2D eigenvalue weighted by molar-refractivity contribution is -0.385. The maximum absolute atomic E-state index is 13.0. The molecular weight excluding hydrogens is 380 g/mol. The van der Waals surface area contributed by atoms with Gasteiger partial charge in [-0.2, -0.15) is 0 Å². The first-order valence-electron chi connectivity index (χ1n) is 8.55. The van der Waals surface area contributed by atoms with E-state index in [0.717, 1.165) is 0 Å². The zero-order chi connectivity index (χ0) is 21.1. The molecule has 2 aromatic rings. The number of nitro benzene ring substituents is 1. The SMILES string of the molecule is COC(=O)C1=C(C)N(Cc2ccco2)C(=O)/C1=C\c1ccc(OC)c([N+](=O)[O-])c1. The van der Waals surface area contributed by atoms with Crippen LogP contribution in [0.15, 0.2) is 57.9 Å². The molecule has 1 aliphatic heterocycles. The molecule has 9 nitrogen and oxygen atoms in total. The van der Waals surface area contributed by atoms with Crippen molar-refractivity contribution in [1.82, 2.24) is 4.90 Å². The molecule has 3 rings (SSSR count). The highest BCUT2D eigenvalue weighted by Crippen LogP contribution is 2.34. The molecule has 29 heavy (non-hydrogen) atoms. The zero-order valence-corrected chi connectivity index (χ0v) is 16.0. The Bertz CT molecular complexity index is 1040. The topological polar surface area (TPSA) is 112 Å². The molecule has 0 saturated heterocycles. The Labute approximate surface area is 166 Å². The molecule has 0 unspecified atom stereocenters. The monoisotopic (exact) mass is 398 g/mol. The van der Waals surface area contributed by atoms with Gasteiger partial charge in [-0.25, -0.2) is 4.79 Å². The van der Waals surface area contributed by atoms with Crippen molar-refractivity contribution in [2.24, 2.45) is 0 Å². The van der Waals surface area contributed by atoms with E-state index in [-0.39, 0.29) is 29.1 Å². The number of esters is 1. The summed E-state index contributed by atoms with van der Waals surface area (Å²) in [5.74, 6) is -0.470. The average molecular weight is 398 g/mol. The first-order valence-corrected chi connectivity index (χ1v) is 8.55. The van der Waals surface area contributed by atoms with E-state index in [0.29, 0.717) is 17.0 Å². The number of methoxy groups -OCH3 is 2. The summed E-state index contributed by atoms with van der Waals surface area (Å²) < 4.78 is 15.1. The van der Waals surface area contributed by atoms with Gasteiger partial charge in [0.25, 0.3) is 5.91 Å². The largest absolute Gasteiger partial charge is 0.490 e. The van der Waals surface area contributed by atoms with Crippen LogP contribution in [0, 0.1) is 10.1 Å². The number of allylic oxidation sites excluding steroid dienone is 1. The molecule has 1 aliphatic rings. The Morgan fingerprint density at radius 2 is 2.07 bits per heavy atom. The van der Waals surface area contributed by atoms with Crippen LogP contribution in [-0.4, -0.2) is 35.9 Å². The number of carbonyl (C=O) groups excluding carboxylic acids is 2. The molecule has 0 fully saturated rings. The fourth-order valence-electron chi connectivity index (χ4n) is 3.08. The Hall–Kier alpha value is -3.88. The minimum absolute atomic E-state index is 0.0837. The van der Waals surface area contributed by atoms with Crippen molar-refractivity contribution >= 4 is 23.6 Å². The summed E-state index contributed by atoms with van der Waals surface area (Å²) in [6.07, 6.45) is 2.91. The van der Waals surface area contributed by atoms with Crippen LogP contribution in [0.3, 0.4) is 0 Å². The van der Waals surface area contributed by atoms with Crippen molar-refractivity contribution in [3.05, 3.63) is 74.9 Å². The Balaban J connectivity index is 2.07. The molecule has 0 spiro atoms. The van der Waals surface area contributed by atoms with Gasteiger partial charge in [0, 0.05) is 11.8 Å². The predicted octanol–water partition coefficient (Wildman–Crippen LogP) is 3.07. The van der Waals surface area contributed by atoms with E-state index in [1.54, 1.807) is 25.1 Å². The van der Waals surface area contributed by atoms with E-state index in [1.807, 2.05) is 0 Å². The van der Waals surface area contributed by atoms with E-state index >= 15 is 0 Å². The predicted molar refractivity (Wildman–Crippen MR) is 102 cm³/mol. The summed E-state index contributed by atoms with van der Waals surface area (Å²) in [5, 5.41) is 11.3. The Morgan fingerprint density at radius 1 is 1.31 bits per heavy atom. The van der Waals surface area contributed by atoms with Crippen molar-refractivity contribution < 1.29 is 28.4 Å². The van der Waals surface area contributed by atoms with Gasteiger partial charge >= 0.3 is 11.7 Å². The van der Waals surface area contributed by atoms with Gasteiger partial charge in [0.2, 0.25) is 0 Å². The van der Waals surface area contributed by atoms with Gasteiger partial charge in [0.05, 0.1) is 43.1 Å². The Kier molecular flexibility index (Phi) is 5.49. The van der Waals surface area contributed by atoms with Gasteiger partial charge in [-0.1, -0.05) is 6.07 Å². The van der Waals surface area contributed by atoms with Crippen LogP contribution in [-0.2, 0) is 20.9 Å². The summed E-state index contributed by atoms with van der Waals surface area (Å²) in [6, 6.07) is 7.68. The number of carbonyl (C=O) groups is 2.